The van der Waals surface area contributed by atoms with Gasteiger partial charge >= 0.3 is 0 Å². The normalized spacial score (nSPS) is 17.9. The van der Waals surface area contributed by atoms with E-state index < -0.39 is 10.0 Å². The zero-order valence-electron chi connectivity index (χ0n) is 12.0. The lowest BCUT2D eigenvalue weighted by Gasteiger charge is -2.27. The Kier molecular flexibility index (Phi) is 5.73. The van der Waals surface area contributed by atoms with Gasteiger partial charge in [-0.2, -0.15) is 4.31 Å². The Morgan fingerprint density at radius 1 is 1.14 bits per heavy atom. The first-order chi connectivity index (χ1) is 9.84. The highest BCUT2D eigenvalue weighted by Gasteiger charge is 2.31. The number of nitrogen functional groups attached to an aromatic ring is 1. The highest BCUT2D eigenvalue weighted by atomic mass is 79.9. The molecular formula is C14H20Br2N2O2S. The van der Waals surface area contributed by atoms with Crippen molar-refractivity contribution in [2.24, 2.45) is 0 Å². The predicted molar refractivity (Wildman–Crippen MR) is 92.7 cm³/mol. The second-order valence-electron chi connectivity index (χ2n) is 5.47. The average molecular weight is 440 g/mol. The summed E-state index contributed by atoms with van der Waals surface area (Å²) in [7, 11) is -1.93. The molecule has 1 aliphatic carbocycles. The first-order valence-corrected chi connectivity index (χ1v) is 10.1. The first kappa shape index (κ1) is 17.2. The van der Waals surface area contributed by atoms with Gasteiger partial charge in [0.05, 0.1) is 5.69 Å². The number of rotatable bonds is 3. The van der Waals surface area contributed by atoms with Gasteiger partial charge in [0.15, 0.2) is 0 Å². The Bertz CT molecular complexity index is 588. The van der Waals surface area contributed by atoms with Crippen molar-refractivity contribution in [1.82, 2.24) is 4.31 Å². The van der Waals surface area contributed by atoms with E-state index in [1.807, 2.05) is 0 Å². The van der Waals surface area contributed by atoms with Crippen LogP contribution in [0.2, 0.25) is 0 Å². The van der Waals surface area contributed by atoms with Gasteiger partial charge in [-0.15, -0.1) is 0 Å². The maximum atomic E-state index is 12.9. The van der Waals surface area contributed by atoms with E-state index in [2.05, 4.69) is 31.9 Å². The molecule has 0 aliphatic heterocycles. The number of nitrogens with zero attached hydrogens (tertiary/aromatic N) is 1. The second-order valence-corrected chi connectivity index (χ2v) is 9.18. The summed E-state index contributed by atoms with van der Waals surface area (Å²) in [4.78, 5) is 0.164. The largest absolute Gasteiger partial charge is 0.398 e. The highest BCUT2D eigenvalue weighted by molar-refractivity contribution is 9.11. The Morgan fingerprint density at radius 3 is 2.24 bits per heavy atom. The maximum absolute atomic E-state index is 12.9. The van der Waals surface area contributed by atoms with Gasteiger partial charge in [-0.25, -0.2) is 8.42 Å². The molecule has 2 rings (SSSR count). The molecule has 0 unspecified atom stereocenters. The summed E-state index contributed by atoms with van der Waals surface area (Å²) in [6, 6.07) is 3.40. The van der Waals surface area contributed by atoms with E-state index >= 15 is 0 Å². The van der Waals surface area contributed by atoms with Crippen LogP contribution in [0.25, 0.3) is 0 Å². The van der Waals surface area contributed by atoms with E-state index in [-0.39, 0.29) is 16.6 Å². The SMILES string of the molecule is CN(C1CCCCCC1)S(=O)(=O)c1c(N)cc(Br)cc1Br. The van der Waals surface area contributed by atoms with Crippen molar-refractivity contribution in [2.45, 2.75) is 49.5 Å². The molecule has 0 spiro atoms. The van der Waals surface area contributed by atoms with Gasteiger partial charge in [-0.3, -0.25) is 0 Å². The molecule has 0 heterocycles. The fourth-order valence-electron chi connectivity index (χ4n) is 2.81. The molecule has 1 aromatic rings. The molecule has 1 aliphatic rings. The van der Waals surface area contributed by atoms with Crippen LogP contribution in [0.4, 0.5) is 5.69 Å². The van der Waals surface area contributed by atoms with E-state index in [1.54, 1.807) is 19.2 Å². The molecule has 0 saturated heterocycles. The molecular weight excluding hydrogens is 420 g/mol. The third-order valence-corrected chi connectivity index (χ3v) is 7.39. The second kappa shape index (κ2) is 6.98. The molecule has 1 fully saturated rings. The monoisotopic (exact) mass is 438 g/mol. The van der Waals surface area contributed by atoms with Crippen LogP contribution in [0, 0.1) is 0 Å². The van der Waals surface area contributed by atoms with Crippen LogP contribution < -0.4 is 5.73 Å². The fourth-order valence-corrected chi connectivity index (χ4v) is 6.24. The number of benzene rings is 1. The molecule has 118 valence electrons. The minimum absolute atomic E-state index is 0.0625. The van der Waals surface area contributed by atoms with Crippen LogP contribution in [-0.2, 0) is 10.0 Å². The van der Waals surface area contributed by atoms with Gasteiger partial charge in [0.25, 0.3) is 0 Å². The number of halogens is 2. The number of hydrogen-bond acceptors (Lipinski definition) is 3. The minimum atomic E-state index is -3.59. The van der Waals surface area contributed by atoms with E-state index in [4.69, 9.17) is 5.73 Å². The van der Waals surface area contributed by atoms with Crippen LogP contribution in [0.1, 0.15) is 38.5 Å². The molecule has 2 N–H and O–H groups in total. The van der Waals surface area contributed by atoms with Gasteiger partial charge in [0, 0.05) is 22.0 Å². The summed E-state index contributed by atoms with van der Waals surface area (Å²) in [6.07, 6.45) is 6.39. The third kappa shape index (κ3) is 3.81. The molecule has 0 aromatic heterocycles. The quantitative estimate of drug-likeness (QED) is 0.568. The minimum Gasteiger partial charge on any atom is -0.398 e. The molecule has 1 aromatic carbocycles. The van der Waals surface area contributed by atoms with Crippen molar-refractivity contribution in [1.29, 1.82) is 0 Å². The van der Waals surface area contributed by atoms with Crippen molar-refractivity contribution in [2.75, 3.05) is 12.8 Å². The van der Waals surface area contributed by atoms with Crippen molar-refractivity contribution < 1.29 is 8.42 Å². The lowest BCUT2D eigenvalue weighted by Crippen LogP contribution is -2.37. The molecule has 0 amide bonds. The van der Waals surface area contributed by atoms with Gasteiger partial charge in [0.2, 0.25) is 10.0 Å². The van der Waals surface area contributed by atoms with Gasteiger partial charge in [0.1, 0.15) is 4.90 Å². The standard InChI is InChI=1S/C14H20Br2N2O2S/c1-18(11-6-4-2-3-5-7-11)21(19,20)14-12(16)8-10(15)9-13(14)17/h8-9,11H,2-7,17H2,1H3. The van der Waals surface area contributed by atoms with Gasteiger partial charge in [-0.05, 0) is 40.9 Å². The Hall–Kier alpha value is -0.110. The summed E-state index contributed by atoms with van der Waals surface area (Å²) in [5.41, 5.74) is 6.20. The topological polar surface area (TPSA) is 63.4 Å². The lowest BCUT2D eigenvalue weighted by atomic mass is 10.1. The van der Waals surface area contributed by atoms with Crippen LogP contribution >= 0.6 is 31.9 Å². The van der Waals surface area contributed by atoms with Gasteiger partial charge in [-0.1, -0.05) is 41.6 Å². The molecule has 0 bridgehead atoms. The van der Waals surface area contributed by atoms with E-state index in [9.17, 15) is 8.42 Å². The summed E-state index contributed by atoms with van der Waals surface area (Å²) >= 11 is 6.65. The molecule has 0 atom stereocenters. The third-order valence-electron chi connectivity index (χ3n) is 4.01. The van der Waals surface area contributed by atoms with E-state index in [0.717, 1.165) is 30.2 Å². The van der Waals surface area contributed by atoms with Crippen molar-refractivity contribution in [3.8, 4) is 0 Å². The van der Waals surface area contributed by atoms with E-state index in [1.165, 1.54) is 17.1 Å². The Labute approximate surface area is 143 Å². The number of nitrogens with two attached hydrogens (primary N) is 1. The summed E-state index contributed by atoms with van der Waals surface area (Å²) < 4.78 is 28.5. The number of sulfonamides is 1. The molecule has 0 radical (unpaired) electrons. The number of anilines is 1. The molecule has 7 heteroatoms. The molecule has 21 heavy (non-hydrogen) atoms. The average Bonchev–Trinajstić information content (AvgIpc) is 2.64. The van der Waals surface area contributed by atoms with Crippen LogP contribution in [0.3, 0.4) is 0 Å². The fraction of sp³-hybridized carbons (Fsp3) is 0.571. The highest BCUT2D eigenvalue weighted by Crippen LogP contribution is 2.35. The predicted octanol–water partition coefficient (Wildman–Crippen LogP) is 4.14. The zero-order chi connectivity index (χ0) is 15.6. The first-order valence-electron chi connectivity index (χ1n) is 7.06. The van der Waals surface area contributed by atoms with Crippen LogP contribution in [-0.4, -0.2) is 25.8 Å². The zero-order valence-corrected chi connectivity index (χ0v) is 16.0. The van der Waals surface area contributed by atoms with Crippen LogP contribution in [0.5, 0.6) is 0 Å². The lowest BCUT2D eigenvalue weighted by molar-refractivity contribution is 0.335. The summed E-state index contributed by atoms with van der Waals surface area (Å²) in [5.74, 6) is 0. The van der Waals surface area contributed by atoms with Crippen molar-refractivity contribution in [3.63, 3.8) is 0 Å². The number of hydrogen-bond donors (Lipinski definition) is 1. The maximum Gasteiger partial charge on any atom is 0.246 e. The Balaban J connectivity index is 2.37. The van der Waals surface area contributed by atoms with Crippen molar-refractivity contribution in [3.05, 3.63) is 21.1 Å². The Morgan fingerprint density at radius 2 is 1.71 bits per heavy atom. The molecule has 4 nitrogen and oxygen atoms in total. The van der Waals surface area contributed by atoms with Crippen molar-refractivity contribution >= 4 is 47.6 Å². The van der Waals surface area contributed by atoms with Crippen LogP contribution in [0.15, 0.2) is 26.0 Å². The molecule has 1 saturated carbocycles. The smallest absolute Gasteiger partial charge is 0.246 e. The van der Waals surface area contributed by atoms with E-state index in [0.29, 0.717) is 4.47 Å². The summed E-state index contributed by atoms with van der Waals surface area (Å²) in [5, 5.41) is 0. The summed E-state index contributed by atoms with van der Waals surface area (Å²) in [6.45, 7) is 0. The van der Waals surface area contributed by atoms with Gasteiger partial charge < -0.3 is 5.73 Å².